The minimum absolute atomic E-state index is 0.505. The van der Waals surface area contributed by atoms with E-state index in [1.165, 1.54) is 16.9 Å². The molecule has 1 aromatic heterocycles. The normalized spacial score (nSPS) is 9.88. The molecule has 0 saturated carbocycles. The number of thiazole rings is 1. The van der Waals surface area contributed by atoms with Crippen LogP contribution in [0.2, 0.25) is 0 Å². The number of methoxy groups -OCH3 is 1. The van der Waals surface area contributed by atoms with Crippen LogP contribution < -0.4 is 4.74 Å². The molecular formula is C13H12N2OS. The standard InChI is InChI=1S/C13H12N2OS/c1-16-12-5-3-2-4-10(12)6-7-13-15-11(8-14)9-17-13/h2-5,9H,6-7H2,1H3. The first kappa shape index (κ1) is 11.6. The molecule has 0 aliphatic rings. The maximum Gasteiger partial charge on any atom is 0.151 e. The molecule has 1 heterocycles. The zero-order chi connectivity index (χ0) is 12.1. The predicted molar refractivity (Wildman–Crippen MR) is 67.2 cm³/mol. The number of aromatic nitrogens is 1. The fourth-order valence-electron chi connectivity index (χ4n) is 1.63. The van der Waals surface area contributed by atoms with Gasteiger partial charge in [-0.3, -0.25) is 0 Å². The predicted octanol–water partition coefficient (Wildman–Crippen LogP) is 2.81. The van der Waals surface area contributed by atoms with E-state index in [1.807, 2.05) is 24.3 Å². The highest BCUT2D eigenvalue weighted by atomic mass is 32.1. The van der Waals surface area contributed by atoms with Crippen LogP contribution in [-0.2, 0) is 12.8 Å². The van der Waals surface area contributed by atoms with E-state index < -0.39 is 0 Å². The van der Waals surface area contributed by atoms with Crippen molar-refractivity contribution in [2.75, 3.05) is 7.11 Å². The van der Waals surface area contributed by atoms with Gasteiger partial charge in [-0.25, -0.2) is 4.98 Å². The molecule has 0 spiro atoms. The summed E-state index contributed by atoms with van der Waals surface area (Å²) in [5.41, 5.74) is 1.67. The zero-order valence-electron chi connectivity index (χ0n) is 9.51. The zero-order valence-corrected chi connectivity index (χ0v) is 10.3. The summed E-state index contributed by atoms with van der Waals surface area (Å²) in [7, 11) is 1.68. The fraction of sp³-hybridized carbons (Fsp3) is 0.231. The summed E-state index contributed by atoms with van der Waals surface area (Å²) in [5.74, 6) is 0.907. The number of aryl methyl sites for hydroxylation is 2. The Hall–Kier alpha value is -1.86. The van der Waals surface area contributed by atoms with Gasteiger partial charge in [0.1, 0.15) is 11.8 Å². The molecule has 3 nitrogen and oxygen atoms in total. The second kappa shape index (κ2) is 5.46. The van der Waals surface area contributed by atoms with Crippen LogP contribution in [-0.4, -0.2) is 12.1 Å². The van der Waals surface area contributed by atoms with E-state index in [9.17, 15) is 0 Å². The molecule has 0 radical (unpaired) electrons. The molecule has 0 N–H and O–H groups in total. The molecule has 0 unspecified atom stereocenters. The van der Waals surface area contributed by atoms with E-state index in [0.29, 0.717) is 5.69 Å². The van der Waals surface area contributed by atoms with Crippen molar-refractivity contribution in [3.8, 4) is 11.8 Å². The van der Waals surface area contributed by atoms with Crippen LogP contribution in [0.15, 0.2) is 29.6 Å². The van der Waals surface area contributed by atoms with Gasteiger partial charge in [0.05, 0.1) is 12.1 Å². The van der Waals surface area contributed by atoms with Gasteiger partial charge in [-0.05, 0) is 18.1 Å². The highest BCUT2D eigenvalue weighted by molar-refractivity contribution is 7.09. The van der Waals surface area contributed by atoms with Gasteiger partial charge in [0.25, 0.3) is 0 Å². The van der Waals surface area contributed by atoms with Crippen molar-refractivity contribution >= 4 is 11.3 Å². The number of benzene rings is 1. The lowest BCUT2D eigenvalue weighted by Gasteiger charge is -2.06. The van der Waals surface area contributed by atoms with E-state index in [1.54, 1.807) is 12.5 Å². The minimum Gasteiger partial charge on any atom is -0.496 e. The Morgan fingerprint density at radius 3 is 2.88 bits per heavy atom. The molecule has 0 fully saturated rings. The van der Waals surface area contributed by atoms with Gasteiger partial charge in [-0.2, -0.15) is 5.26 Å². The third-order valence-electron chi connectivity index (χ3n) is 2.47. The Balaban J connectivity index is 2.05. The van der Waals surface area contributed by atoms with Crippen molar-refractivity contribution in [3.63, 3.8) is 0 Å². The molecule has 0 amide bonds. The van der Waals surface area contributed by atoms with E-state index >= 15 is 0 Å². The molecule has 2 aromatic rings. The van der Waals surface area contributed by atoms with Crippen LogP contribution in [0, 0.1) is 11.3 Å². The number of hydrogen-bond donors (Lipinski definition) is 0. The molecule has 0 atom stereocenters. The fourth-order valence-corrected chi connectivity index (χ4v) is 2.35. The number of nitriles is 1. The molecular weight excluding hydrogens is 232 g/mol. The summed E-state index contributed by atoms with van der Waals surface area (Å²) in [5, 5.41) is 11.5. The lowest BCUT2D eigenvalue weighted by Crippen LogP contribution is -1.95. The van der Waals surface area contributed by atoms with Crippen LogP contribution >= 0.6 is 11.3 Å². The topological polar surface area (TPSA) is 45.9 Å². The Morgan fingerprint density at radius 1 is 1.35 bits per heavy atom. The molecule has 2 rings (SSSR count). The lowest BCUT2D eigenvalue weighted by molar-refractivity contribution is 0.409. The number of para-hydroxylation sites is 1. The van der Waals surface area contributed by atoms with Gasteiger partial charge in [-0.15, -0.1) is 11.3 Å². The first-order chi connectivity index (χ1) is 8.33. The van der Waals surface area contributed by atoms with Crippen LogP contribution in [0.5, 0.6) is 5.75 Å². The lowest BCUT2D eigenvalue weighted by atomic mass is 10.1. The SMILES string of the molecule is COc1ccccc1CCc1nc(C#N)cs1. The first-order valence-corrected chi connectivity index (χ1v) is 6.18. The van der Waals surface area contributed by atoms with Gasteiger partial charge in [0.2, 0.25) is 0 Å². The number of hydrogen-bond acceptors (Lipinski definition) is 4. The quantitative estimate of drug-likeness (QED) is 0.830. The third kappa shape index (κ3) is 2.83. The molecule has 1 aromatic carbocycles. The van der Waals surface area contributed by atoms with Crippen molar-refractivity contribution in [1.82, 2.24) is 4.98 Å². The second-order valence-electron chi connectivity index (χ2n) is 3.55. The Labute approximate surface area is 104 Å². The molecule has 0 aliphatic carbocycles. The Bertz CT molecular complexity index is 542. The number of ether oxygens (including phenoxy) is 1. The molecule has 17 heavy (non-hydrogen) atoms. The number of rotatable bonds is 4. The van der Waals surface area contributed by atoms with E-state index in [2.05, 4.69) is 11.1 Å². The highest BCUT2D eigenvalue weighted by Gasteiger charge is 2.05. The highest BCUT2D eigenvalue weighted by Crippen LogP contribution is 2.20. The van der Waals surface area contributed by atoms with Gasteiger partial charge in [-0.1, -0.05) is 18.2 Å². The Morgan fingerprint density at radius 2 is 2.18 bits per heavy atom. The monoisotopic (exact) mass is 244 g/mol. The third-order valence-corrected chi connectivity index (χ3v) is 3.38. The second-order valence-corrected chi connectivity index (χ2v) is 4.49. The summed E-state index contributed by atoms with van der Waals surface area (Å²) in [6.07, 6.45) is 1.72. The summed E-state index contributed by atoms with van der Waals surface area (Å²) in [6.45, 7) is 0. The first-order valence-electron chi connectivity index (χ1n) is 5.30. The van der Waals surface area contributed by atoms with Crippen LogP contribution in [0.3, 0.4) is 0 Å². The molecule has 4 heteroatoms. The Kier molecular flexibility index (Phi) is 3.73. The summed E-state index contributed by atoms with van der Waals surface area (Å²) in [4.78, 5) is 4.22. The van der Waals surface area contributed by atoms with Crippen molar-refractivity contribution in [2.45, 2.75) is 12.8 Å². The van der Waals surface area contributed by atoms with E-state index in [0.717, 1.165) is 23.6 Å². The average molecular weight is 244 g/mol. The van der Waals surface area contributed by atoms with E-state index in [-0.39, 0.29) is 0 Å². The van der Waals surface area contributed by atoms with Crippen molar-refractivity contribution < 1.29 is 4.74 Å². The van der Waals surface area contributed by atoms with Gasteiger partial charge < -0.3 is 4.74 Å². The van der Waals surface area contributed by atoms with Gasteiger partial charge in [0, 0.05) is 11.8 Å². The molecule has 0 aliphatic heterocycles. The summed E-state index contributed by atoms with van der Waals surface area (Å²) < 4.78 is 5.29. The number of nitrogens with zero attached hydrogens (tertiary/aromatic N) is 2. The smallest absolute Gasteiger partial charge is 0.151 e. The van der Waals surface area contributed by atoms with E-state index in [4.69, 9.17) is 10.00 Å². The van der Waals surface area contributed by atoms with Crippen molar-refractivity contribution in [1.29, 1.82) is 5.26 Å². The minimum atomic E-state index is 0.505. The molecule has 86 valence electrons. The van der Waals surface area contributed by atoms with Crippen LogP contribution in [0.4, 0.5) is 0 Å². The average Bonchev–Trinajstić information content (AvgIpc) is 2.84. The summed E-state index contributed by atoms with van der Waals surface area (Å²) in [6, 6.07) is 10.0. The van der Waals surface area contributed by atoms with Crippen molar-refractivity contribution in [3.05, 3.63) is 45.9 Å². The van der Waals surface area contributed by atoms with Crippen LogP contribution in [0.1, 0.15) is 16.3 Å². The maximum atomic E-state index is 8.69. The van der Waals surface area contributed by atoms with Gasteiger partial charge >= 0.3 is 0 Å². The van der Waals surface area contributed by atoms with Gasteiger partial charge in [0.15, 0.2) is 5.69 Å². The van der Waals surface area contributed by atoms with Crippen LogP contribution in [0.25, 0.3) is 0 Å². The maximum absolute atomic E-state index is 8.69. The molecule has 0 saturated heterocycles. The largest absolute Gasteiger partial charge is 0.496 e. The molecule has 0 bridgehead atoms. The van der Waals surface area contributed by atoms with Crippen molar-refractivity contribution in [2.24, 2.45) is 0 Å². The summed E-state index contributed by atoms with van der Waals surface area (Å²) >= 11 is 1.53.